The van der Waals surface area contributed by atoms with Crippen LogP contribution < -0.4 is 10.1 Å². The molecule has 0 atom stereocenters. The molecule has 4 heteroatoms. The van der Waals surface area contributed by atoms with Gasteiger partial charge in [-0.1, -0.05) is 6.07 Å². The number of nitrogens with one attached hydrogen (secondary N) is 1. The van der Waals surface area contributed by atoms with Crippen LogP contribution in [0, 0.1) is 6.92 Å². The standard InChI is InChI=1S/C15H20N2O2/c1-4-19-15-12-6-5-7-14(16-8-9-18-3)13(12)10-11(2)17-15/h5-7,10,16H,4,8-9H2,1-3H3. The van der Waals surface area contributed by atoms with E-state index in [1.165, 1.54) is 0 Å². The van der Waals surface area contributed by atoms with Gasteiger partial charge in [0, 0.05) is 35.8 Å². The Morgan fingerprint density at radius 1 is 1.26 bits per heavy atom. The predicted octanol–water partition coefficient (Wildman–Crippen LogP) is 3.00. The van der Waals surface area contributed by atoms with Crippen LogP contribution in [0.3, 0.4) is 0 Å². The average molecular weight is 260 g/mol. The van der Waals surface area contributed by atoms with Gasteiger partial charge in [-0.25, -0.2) is 4.98 Å². The van der Waals surface area contributed by atoms with Gasteiger partial charge in [0.1, 0.15) is 0 Å². The van der Waals surface area contributed by atoms with Gasteiger partial charge in [0.25, 0.3) is 0 Å². The Bertz CT molecular complexity index is 555. The lowest BCUT2D eigenvalue weighted by molar-refractivity contribution is 0.211. The van der Waals surface area contributed by atoms with Crippen LogP contribution >= 0.6 is 0 Å². The number of ether oxygens (including phenoxy) is 2. The summed E-state index contributed by atoms with van der Waals surface area (Å²) in [5.41, 5.74) is 2.04. The van der Waals surface area contributed by atoms with Crippen LogP contribution in [0.4, 0.5) is 5.69 Å². The Morgan fingerprint density at radius 3 is 2.84 bits per heavy atom. The van der Waals surface area contributed by atoms with Crippen molar-refractivity contribution in [1.82, 2.24) is 4.98 Å². The van der Waals surface area contributed by atoms with Crippen LogP contribution in [0.25, 0.3) is 10.8 Å². The average Bonchev–Trinajstić information content (AvgIpc) is 2.40. The highest BCUT2D eigenvalue weighted by atomic mass is 16.5. The molecule has 4 nitrogen and oxygen atoms in total. The number of rotatable bonds is 6. The lowest BCUT2D eigenvalue weighted by Crippen LogP contribution is -2.08. The van der Waals surface area contributed by atoms with E-state index in [2.05, 4.69) is 22.4 Å². The quantitative estimate of drug-likeness (QED) is 0.811. The van der Waals surface area contributed by atoms with Gasteiger partial charge in [-0.05, 0) is 32.0 Å². The smallest absolute Gasteiger partial charge is 0.221 e. The SMILES string of the molecule is CCOc1nc(C)cc2c(NCCOC)cccc12. The van der Waals surface area contributed by atoms with Crippen LogP contribution in [0.1, 0.15) is 12.6 Å². The van der Waals surface area contributed by atoms with Crippen molar-refractivity contribution in [2.45, 2.75) is 13.8 Å². The van der Waals surface area contributed by atoms with E-state index in [1.807, 2.05) is 26.0 Å². The summed E-state index contributed by atoms with van der Waals surface area (Å²) in [7, 11) is 1.70. The molecule has 1 aromatic carbocycles. The third kappa shape index (κ3) is 3.15. The Hall–Kier alpha value is -1.81. The van der Waals surface area contributed by atoms with Crippen molar-refractivity contribution >= 4 is 16.5 Å². The number of pyridine rings is 1. The summed E-state index contributed by atoms with van der Waals surface area (Å²) in [6.07, 6.45) is 0. The van der Waals surface area contributed by atoms with E-state index in [0.717, 1.165) is 28.7 Å². The normalized spacial score (nSPS) is 10.7. The molecule has 0 saturated carbocycles. The Kier molecular flexibility index (Phi) is 4.58. The lowest BCUT2D eigenvalue weighted by atomic mass is 10.1. The fourth-order valence-corrected chi connectivity index (χ4v) is 2.06. The molecule has 2 rings (SSSR count). The molecule has 1 aromatic heterocycles. The minimum Gasteiger partial charge on any atom is -0.478 e. The van der Waals surface area contributed by atoms with Gasteiger partial charge < -0.3 is 14.8 Å². The first kappa shape index (κ1) is 13.6. The second-order valence-electron chi connectivity index (χ2n) is 4.32. The number of benzene rings is 1. The maximum atomic E-state index is 5.62. The molecule has 1 N–H and O–H groups in total. The Labute approximate surface area is 113 Å². The molecule has 0 amide bonds. The minimum atomic E-state index is 0.618. The zero-order valence-corrected chi connectivity index (χ0v) is 11.7. The summed E-state index contributed by atoms with van der Waals surface area (Å²) in [5, 5.41) is 5.55. The highest BCUT2D eigenvalue weighted by Crippen LogP contribution is 2.30. The van der Waals surface area contributed by atoms with E-state index < -0.39 is 0 Å². The molecule has 0 spiro atoms. The van der Waals surface area contributed by atoms with Crippen molar-refractivity contribution in [1.29, 1.82) is 0 Å². The number of aromatic nitrogens is 1. The molecule has 0 radical (unpaired) electrons. The number of hydrogen-bond acceptors (Lipinski definition) is 4. The number of hydrogen-bond donors (Lipinski definition) is 1. The first-order chi connectivity index (χ1) is 9.26. The van der Waals surface area contributed by atoms with Crippen molar-refractivity contribution in [2.75, 3.05) is 32.2 Å². The van der Waals surface area contributed by atoms with E-state index in [9.17, 15) is 0 Å². The molecule has 102 valence electrons. The maximum Gasteiger partial charge on any atom is 0.221 e. The summed E-state index contributed by atoms with van der Waals surface area (Å²) < 4.78 is 10.7. The number of methoxy groups -OCH3 is 1. The Balaban J connectivity index is 2.42. The van der Waals surface area contributed by atoms with Crippen molar-refractivity contribution < 1.29 is 9.47 Å². The second kappa shape index (κ2) is 6.38. The Morgan fingerprint density at radius 2 is 2.11 bits per heavy atom. The molecular weight excluding hydrogens is 240 g/mol. The van der Waals surface area contributed by atoms with Crippen molar-refractivity contribution in [2.24, 2.45) is 0 Å². The first-order valence-electron chi connectivity index (χ1n) is 6.52. The molecule has 0 unspecified atom stereocenters. The van der Waals surface area contributed by atoms with E-state index in [1.54, 1.807) is 7.11 Å². The summed E-state index contributed by atoms with van der Waals surface area (Å²) in [5.74, 6) is 0.702. The van der Waals surface area contributed by atoms with Crippen LogP contribution in [0.2, 0.25) is 0 Å². The number of fused-ring (bicyclic) bond motifs is 1. The van der Waals surface area contributed by atoms with Crippen LogP contribution in [-0.2, 0) is 4.74 Å². The summed E-state index contributed by atoms with van der Waals surface area (Å²) in [4.78, 5) is 4.45. The summed E-state index contributed by atoms with van der Waals surface area (Å²) in [6, 6.07) is 8.19. The van der Waals surface area contributed by atoms with E-state index in [0.29, 0.717) is 19.1 Å². The minimum absolute atomic E-state index is 0.618. The molecule has 19 heavy (non-hydrogen) atoms. The molecule has 0 aliphatic rings. The zero-order valence-electron chi connectivity index (χ0n) is 11.7. The molecule has 0 bridgehead atoms. The monoisotopic (exact) mass is 260 g/mol. The largest absolute Gasteiger partial charge is 0.478 e. The van der Waals surface area contributed by atoms with Gasteiger partial charge in [-0.3, -0.25) is 0 Å². The predicted molar refractivity (Wildman–Crippen MR) is 78.0 cm³/mol. The molecular formula is C15H20N2O2. The molecule has 0 aliphatic heterocycles. The van der Waals surface area contributed by atoms with Crippen LogP contribution in [0.15, 0.2) is 24.3 Å². The first-order valence-corrected chi connectivity index (χ1v) is 6.52. The fourth-order valence-electron chi connectivity index (χ4n) is 2.06. The summed E-state index contributed by atoms with van der Waals surface area (Å²) >= 11 is 0. The second-order valence-corrected chi connectivity index (χ2v) is 4.32. The van der Waals surface area contributed by atoms with E-state index in [4.69, 9.17) is 9.47 Å². The zero-order chi connectivity index (χ0) is 13.7. The maximum absolute atomic E-state index is 5.62. The number of aryl methyl sites for hydroxylation is 1. The highest BCUT2D eigenvalue weighted by molar-refractivity contribution is 5.97. The van der Waals surface area contributed by atoms with Gasteiger partial charge in [0.05, 0.1) is 13.2 Å². The highest BCUT2D eigenvalue weighted by Gasteiger charge is 2.08. The van der Waals surface area contributed by atoms with Gasteiger partial charge in [-0.15, -0.1) is 0 Å². The van der Waals surface area contributed by atoms with Gasteiger partial charge in [-0.2, -0.15) is 0 Å². The molecule has 0 fully saturated rings. The van der Waals surface area contributed by atoms with Crippen LogP contribution in [0.5, 0.6) is 5.88 Å². The number of nitrogens with zero attached hydrogens (tertiary/aromatic N) is 1. The van der Waals surface area contributed by atoms with Gasteiger partial charge >= 0.3 is 0 Å². The van der Waals surface area contributed by atoms with Gasteiger partial charge in [0.15, 0.2) is 0 Å². The fraction of sp³-hybridized carbons (Fsp3) is 0.400. The third-order valence-corrected chi connectivity index (χ3v) is 2.87. The molecule has 1 heterocycles. The molecule has 0 saturated heterocycles. The van der Waals surface area contributed by atoms with Crippen molar-refractivity contribution in [3.05, 3.63) is 30.0 Å². The van der Waals surface area contributed by atoms with Crippen LogP contribution in [-0.4, -0.2) is 31.9 Å². The third-order valence-electron chi connectivity index (χ3n) is 2.87. The molecule has 2 aromatic rings. The van der Waals surface area contributed by atoms with Gasteiger partial charge in [0.2, 0.25) is 5.88 Å². The lowest BCUT2D eigenvalue weighted by Gasteiger charge is -2.12. The molecule has 0 aliphatic carbocycles. The van der Waals surface area contributed by atoms with E-state index in [-0.39, 0.29) is 0 Å². The van der Waals surface area contributed by atoms with E-state index >= 15 is 0 Å². The topological polar surface area (TPSA) is 43.4 Å². The summed E-state index contributed by atoms with van der Waals surface area (Å²) in [6.45, 7) is 6.02. The van der Waals surface area contributed by atoms with Crippen molar-refractivity contribution in [3.8, 4) is 5.88 Å². The number of anilines is 1. The van der Waals surface area contributed by atoms with Crippen molar-refractivity contribution in [3.63, 3.8) is 0 Å².